The highest BCUT2D eigenvalue weighted by molar-refractivity contribution is 5.97. The number of carbonyl (C=O) groups excluding carboxylic acids is 2. The zero-order chi connectivity index (χ0) is 18.5. The maximum absolute atomic E-state index is 12.7. The minimum atomic E-state index is -0.211. The summed E-state index contributed by atoms with van der Waals surface area (Å²) in [5.74, 6) is 0.539. The number of hydrogen-bond donors (Lipinski definition) is 1. The molecule has 5 heteroatoms. The lowest BCUT2D eigenvalue weighted by molar-refractivity contribution is -0.131. The molecule has 26 heavy (non-hydrogen) atoms. The van der Waals surface area contributed by atoms with Crippen LogP contribution in [0.25, 0.3) is 0 Å². The fraction of sp³-hybridized carbons (Fsp3) is 0.333. The summed E-state index contributed by atoms with van der Waals surface area (Å²) in [6, 6.07) is 15.3. The standard InChI is InChI=1S/C21H24N2O3/c1-15-6-3-4-7-18(15)21(25)22-14-20(24)23-13-5-8-19(23)16-9-11-17(26-2)12-10-16/h3-4,6-7,9-12,19H,5,8,13-14H2,1-2H3,(H,22,25). The van der Waals surface area contributed by atoms with E-state index in [1.165, 1.54) is 0 Å². The molecule has 0 radical (unpaired) electrons. The third kappa shape index (κ3) is 3.87. The summed E-state index contributed by atoms with van der Waals surface area (Å²) in [4.78, 5) is 26.8. The fourth-order valence-electron chi connectivity index (χ4n) is 3.42. The van der Waals surface area contributed by atoms with Crippen LogP contribution in [0.2, 0.25) is 0 Å². The van der Waals surface area contributed by atoms with Crippen LogP contribution in [0, 0.1) is 6.92 Å². The van der Waals surface area contributed by atoms with Crippen LogP contribution in [0.3, 0.4) is 0 Å². The van der Waals surface area contributed by atoms with Crippen molar-refractivity contribution >= 4 is 11.8 Å². The highest BCUT2D eigenvalue weighted by Gasteiger charge is 2.30. The van der Waals surface area contributed by atoms with Gasteiger partial charge in [-0.1, -0.05) is 30.3 Å². The molecule has 1 unspecified atom stereocenters. The van der Waals surface area contributed by atoms with Gasteiger partial charge in [0.15, 0.2) is 0 Å². The summed E-state index contributed by atoms with van der Waals surface area (Å²) in [6.07, 6.45) is 1.90. The zero-order valence-electron chi connectivity index (χ0n) is 15.2. The maximum Gasteiger partial charge on any atom is 0.251 e. The third-order valence-corrected chi connectivity index (χ3v) is 4.86. The molecule has 0 aromatic heterocycles. The first-order valence-electron chi connectivity index (χ1n) is 8.87. The Morgan fingerprint density at radius 3 is 2.58 bits per heavy atom. The van der Waals surface area contributed by atoms with Crippen LogP contribution in [0.15, 0.2) is 48.5 Å². The van der Waals surface area contributed by atoms with Gasteiger partial charge in [0.25, 0.3) is 5.91 Å². The quantitative estimate of drug-likeness (QED) is 0.900. The minimum absolute atomic E-state index is 0.0137. The van der Waals surface area contributed by atoms with E-state index in [9.17, 15) is 9.59 Å². The minimum Gasteiger partial charge on any atom is -0.497 e. The lowest BCUT2D eigenvalue weighted by atomic mass is 10.0. The van der Waals surface area contributed by atoms with Crippen LogP contribution in [0.4, 0.5) is 0 Å². The van der Waals surface area contributed by atoms with Gasteiger partial charge in [0.1, 0.15) is 5.75 Å². The molecule has 3 rings (SSSR count). The first-order chi connectivity index (χ1) is 12.6. The van der Waals surface area contributed by atoms with E-state index in [0.29, 0.717) is 5.56 Å². The summed E-state index contributed by atoms with van der Waals surface area (Å²) >= 11 is 0. The van der Waals surface area contributed by atoms with E-state index in [0.717, 1.165) is 36.3 Å². The second-order valence-electron chi connectivity index (χ2n) is 6.52. The highest BCUT2D eigenvalue weighted by atomic mass is 16.5. The fourth-order valence-corrected chi connectivity index (χ4v) is 3.42. The number of nitrogens with zero attached hydrogens (tertiary/aromatic N) is 1. The number of likely N-dealkylation sites (tertiary alicyclic amines) is 1. The number of rotatable bonds is 5. The Morgan fingerprint density at radius 2 is 1.88 bits per heavy atom. The monoisotopic (exact) mass is 352 g/mol. The van der Waals surface area contributed by atoms with Crippen molar-refractivity contribution in [3.05, 3.63) is 65.2 Å². The van der Waals surface area contributed by atoms with Gasteiger partial charge in [-0.05, 0) is 49.1 Å². The van der Waals surface area contributed by atoms with Crippen molar-refractivity contribution in [2.45, 2.75) is 25.8 Å². The Bertz CT molecular complexity index is 786. The Hall–Kier alpha value is -2.82. The predicted octanol–water partition coefficient (Wildman–Crippen LogP) is 3.10. The van der Waals surface area contributed by atoms with Crippen molar-refractivity contribution in [2.24, 2.45) is 0 Å². The second-order valence-corrected chi connectivity index (χ2v) is 6.52. The van der Waals surface area contributed by atoms with E-state index in [-0.39, 0.29) is 24.4 Å². The number of hydrogen-bond acceptors (Lipinski definition) is 3. The van der Waals surface area contributed by atoms with Gasteiger partial charge in [-0.3, -0.25) is 9.59 Å². The molecular weight excluding hydrogens is 328 g/mol. The van der Waals surface area contributed by atoms with E-state index >= 15 is 0 Å². The molecule has 1 fully saturated rings. The number of ether oxygens (including phenoxy) is 1. The first kappa shape index (κ1) is 18.0. The Kier molecular flexibility index (Phi) is 5.56. The van der Waals surface area contributed by atoms with Gasteiger partial charge >= 0.3 is 0 Å². The topological polar surface area (TPSA) is 58.6 Å². The molecule has 0 saturated carbocycles. The molecule has 1 saturated heterocycles. The first-order valence-corrected chi connectivity index (χ1v) is 8.87. The molecule has 0 spiro atoms. The predicted molar refractivity (Wildman–Crippen MR) is 100 cm³/mol. The summed E-state index contributed by atoms with van der Waals surface area (Å²) < 4.78 is 5.19. The summed E-state index contributed by atoms with van der Waals surface area (Å²) in [5.41, 5.74) is 2.60. The third-order valence-electron chi connectivity index (χ3n) is 4.86. The molecule has 2 aromatic carbocycles. The van der Waals surface area contributed by atoms with Gasteiger partial charge in [0.05, 0.1) is 19.7 Å². The van der Waals surface area contributed by atoms with Crippen LogP contribution >= 0.6 is 0 Å². The highest BCUT2D eigenvalue weighted by Crippen LogP contribution is 2.32. The van der Waals surface area contributed by atoms with Crippen molar-refractivity contribution in [3.63, 3.8) is 0 Å². The van der Waals surface area contributed by atoms with E-state index < -0.39 is 0 Å². The van der Waals surface area contributed by atoms with Crippen LogP contribution in [0.1, 0.15) is 40.4 Å². The van der Waals surface area contributed by atoms with Crippen molar-refractivity contribution in [1.29, 1.82) is 0 Å². The van der Waals surface area contributed by atoms with Crippen LogP contribution in [-0.2, 0) is 4.79 Å². The lowest BCUT2D eigenvalue weighted by Crippen LogP contribution is -2.40. The summed E-state index contributed by atoms with van der Waals surface area (Å²) in [6.45, 7) is 2.62. The molecule has 136 valence electrons. The van der Waals surface area contributed by atoms with E-state index in [1.54, 1.807) is 13.2 Å². The molecule has 2 amide bonds. The van der Waals surface area contributed by atoms with Gasteiger partial charge in [-0.2, -0.15) is 0 Å². The van der Waals surface area contributed by atoms with E-state index in [2.05, 4.69) is 5.32 Å². The molecule has 1 aliphatic rings. The molecule has 0 aliphatic carbocycles. The molecule has 1 N–H and O–H groups in total. The Balaban J connectivity index is 1.63. The van der Waals surface area contributed by atoms with Crippen LogP contribution in [0.5, 0.6) is 5.75 Å². The molecule has 5 nitrogen and oxygen atoms in total. The van der Waals surface area contributed by atoms with Crippen molar-refractivity contribution in [3.8, 4) is 5.75 Å². The summed E-state index contributed by atoms with van der Waals surface area (Å²) in [5, 5.41) is 2.76. The van der Waals surface area contributed by atoms with Gasteiger partial charge in [-0.15, -0.1) is 0 Å². The van der Waals surface area contributed by atoms with Gasteiger partial charge < -0.3 is 15.0 Å². The SMILES string of the molecule is COc1ccc(C2CCCN2C(=O)CNC(=O)c2ccccc2C)cc1. The number of carbonyl (C=O) groups is 2. The zero-order valence-corrected chi connectivity index (χ0v) is 15.2. The largest absolute Gasteiger partial charge is 0.497 e. The average molecular weight is 352 g/mol. The van der Waals surface area contributed by atoms with E-state index in [4.69, 9.17) is 4.74 Å². The Morgan fingerprint density at radius 1 is 1.15 bits per heavy atom. The van der Waals surface area contributed by atoms with Gasteiger partial charge in [0.2, 0.25) is 5.91 Å². The normalized spacial score (nSPS) is 16.4. The van der Waals surface area contributed by atoms with Crippen LogP contribution in [-0.4, -0.2) is 36.9 Å². The van der Waals surface area contributed by atoms with Crippen molar-refractivity contribution in [2.75, 3.05) is 20.2 Å². The number of methoxy groups -OCH3 is 1. The molecule has 2 aromatic rings. The molecule has 0 bridgehead atoms. The van der Waals surface area contributed by atoms with E-state index in [1.807, 2.05) is 54.3 Å². The number of nitrogens with one attached hydrogen (secondary N) is 1. The van der Waals surface area contributed by atoms with Crippen molar-refractivity contribution < 1.29 is 14.3 Å². The number of benzene rings is 2. The number of aryl methyl sites for hydroxylation is 1. The maximum atomic E-state index is 12.7. The molecule has 1 aliphatic heterocycles. The molecular formula is C21H24N2O3. The van der Waals surface area contributed by atoms with Crippen molar-refractivity contribution in [1.82, 2.24) is 10.2 Å². The second kappa shape index (κ2) is 8.04. The molecule has 1 atom stereocenters. The smallest absolute Gasteiger partial charge is 0.251 e. The van der Waals surface area contributed by atoms with Gasteiger partial charge in [-0.25, -0.2) is 0 Å². The lowest BCUT2D eigenvalue weighted by Gasteiger charge is -2.25. The number of amides is 2. The van der Waals surface area contributed by atoms with Gasteiger partial charge in [0, 0.05) is 12.1 Å². The molecule has 1 heterocycles. The Labute approximate surface area is 154 Å². The summed E-state index contributed by atoms with van der Waals surface area (Å²) in [7, 11) is 1.64. The average Bonchev–Trinajstić information content (AvgIpc) is 3.16. The van der Waals surface area contributed by atoms with Crippen LogP contribution < -0.4 is 10.1 Å².